The van der Waals surface area contributed by atoms with Crippen LogP contribution < -0.4 is 4.74 Å². The number of para-hydroxylation sites is 1. The first kappa shape index (κ1) is 21.1. The normalized spacial score (nSPS) is 20.4. The lowest BCUT2D eigenvalue weighted by Gasteiger charge is -2.21. The van der Waals surface area contributed by atoms with Gasteiger partial charge in [0.25, 0.3) is 0 Å². The lowest BCUT2D eigenvalue weighted by molar-refractivity contribution is 0.329. The smallest absolute Gasteiger partial charge is 0.246 e. The largest absolute Gasteiger partial charge is 0.492 e. The number of hydrogen-bond acceptors (Lipinski definition) is 5. The van der Waals surface area contributed by atoms with Crippen LogP contribution in [0.1, 0.15) is 24.2 Å². The van der Waals surface area contributed by atoms with Crippen LogP contribution in [-0.4, -0.2) is 46.6 Å². The number of sulfonamides is 1. The molecule has 0 aliphatic carbocycles. The summed E-state index contributed by atoms with van der Waals surface area (Å²) >= 11 is 6.20. The van der Waals surface area contributed by atoms with Crippen molar-refractivity contribution in [2.45, 2.75) is 23.5 Å². The van der Waals surface area contributed by atoms with Crippen molar-refractivity contribution >= 4 is 31.5 Å². The summed E-state index contributed by atoms with van der Waals surface area (Å²) in [5.41, 5.74) is 0.512. The van der Waals surface area contributed by atoms with Gasteiger partial charge in [-0.1, -0.05) is 41.9 Å². The first-order valence-corrected chi connectivity index (χ1v) is 12.5. The Morgan fingerprint density at radius 3 is 2.50 bits per heavy atom. The van der Waals surface area contributed by atoms with Crippen molar-refractivity contribution < 1.29 is 21.6 Å². The van der Waals surface area contributed by atoms with E-state index in [0.717, 1.165) is 0 Å². The minimum atomic E-state index is -3.89. The average molecular weight is 444 g/mol. The fourth-order valence-corrected chi connectivity index (χ4v) is 7.18. The number of rotatable bonds is 5. The molecule has 152 valence electrons. The Morgan fingerprint density at radius 1 is 1.11 bits per heavy atom. The number of benzene rings is 2. The molecule has 0 spiro atoms. The zero-order valence-electron chi connectivity index (χ0n) is 15.4. The lowest BCUT2D eigenvalue weighted by atomic mass is 10.1. The molecule has 0 radical (unpaired) electrons. The summed E-state index contributed by atoms with van der Waals surface area (Å²) in [6, 6.07) is 13.2. The van der Waals surface area contributed by atoms with Crippen molar-refractivity contribution in [3.8, 4) is 5.75 Å². The summed E-state index contributed by atoms with van der Waals surface area (Å²) in [5.74, 6) is -0.00129. The molecule has 0 aromatic heterocycles. The molecule has 2 aromatic rings. The molecule has 6 nitrogen and oxygen atoms in total. The van der Waals surface area contributed by atoms with Crippen LogP contribution in [-0.2, 0) is 19.9 Å². The second-order valence-corrected chi connectivity index (χ2v) is 11.1. The molecule has 0 saturated carbocycles. The second-order valence-electron chi connectivity index (χ2n) is 6.45. The van der Waals surface area contributed by atoms with Gasteiger partial charge in [0, 0.05) is 18.1 Å². The van der Waals surface area contributed by atoms with Gasteiger partial charge in [-0.2, -0.15) is 4.31 Å². The molecular formula is C19H22ClNO5S2. The van der Waals surface area contributed by atoms with Crippen LogP contribution >= 0.6 is 11.6 Å². The molecule has 28 heavy (non-hydrogen) atoms. The molecule has 0 amide bonds. The van der Waals surface area contributed by atoms with E-state index < -0.39 is 25.1 Å². The third-order valence-electron chi connectivity index (χ3n) is 4.72. The maximum Gasteiger partial charge on any atom is 0.246 e. The van der Waals surface area contributed by atoms with Crippen molar-refractivity contribution in [1.82, 2.24) is 4.31 Å². The van der Waals surface area contributed by atoms with Crippen LogP contribution in [0.4, 0.5) is 0 Å². The van der Waals surface area contributed by atoms with E-state index in [1.54, 1.807) is 49.4 Å². The molecule has 0 bridgehead atoms. The molecule has 9 heteroatoms. The van der Waals surface area contributed by atoms with E-state index in [-0.39, 0.29) is 35.9 Å². The summed E-state index contributed by atoms with van der Waals surface area (Å²) in [4.78, 5) is 0.0467. The first-order valence-electron chi connectivity index (χ1n) is 8.95. The molecule has 1 heterocycles. The van der Waals surface area contributed by atoms with Crippen molar-refractivity contribution in [3.63, 3.8) is 0 Å². The van der Waals surface area contributed by atoms with Crippen molar-refractivity contribution in [2.75, 3.05) is 25.4 Å². The SMILES string of the molecule is CCOc1ccccc1S(=O)(=O)N1CCC(c2ccccc2Cl)S(=O)(=O)CC1. The predicted octanol–water partition coefficient (Wildman–Crippen LogP) is 3.29. The summed E-state index contributed by atoms with van der Waals surface area (Å²) < 4.78 is 58.7. The number of ether oxygens (including phenoxy) is 1. The monoisotopic (exact) mass is 443 g/mol. The minimum Gasteiger partial charge on any atom is -0.492 e. The summed E-state index contributed by atoms with van der Waals surface area (Å²) in [5, 5.41) is -0.461. The highest BCUT2D eigenvalue weighted by atomic mass is 35.5. The zero-order chi connectivity index (χ0) is 20.4. The molecule has 1 aliphatic heterocycles. The first-order chi connectivity index (χ1) is 13.3. The second kappa shape index (κ2) is 8.41. The van der Waals surface area contributed by atoms with E-state index in [2.05, 4.69) is 0 Å². The standard InChI is InChI=1S/C19H22ClNO5S2/c1-2-26-17-9-5-6-10-19(17)28(24,25)21-12-11-18(27(22,23)14-13-21)15-7-3-4-8-16(15)20/h3-10,18H,2,11-14H2,1H3. The van der Waals surface area contributed by atoms with Crippen molar-refractivity contribution in [2.24, 2.45) is 0 Å². The van der Waals surface area contributed by atoms with E-state index in [1.165, 1.54) is 10.4 Å². The van der Waals surface area contributed by atoms with Crippen LogP contribution in [0.2, 0.25) is 5.02 Å². The van der Waals surface area contributed by atoms with Gasteiger partial charge < -0.3 is 4.74 Å². The molecular weight excluding hydrogens is 422 g/mol. The number of halogens is 1. The van der Waals surface area contributed by atoms with Gasteiger partial charge in [-0.15, -0.1) is 0 Å². The van der Waals surface area contributed by atoms with E-state index in [9.17, 15) is 16.8 Å². The Morgan fingerprint density at radius 2 is 1.79 bits per heavy atom. The Kier molecular flexibility index (Phi) is 6.34. The number of sulfone groups is 1. The maximum atomic E-state index is 13.2. The Bertz CT molecular complexity index is 1050. The van der Waals surface area contributed by atoms with Gasteiger partial charge in [-0.25, -0.2) is 16.8 Å². The van der Waals surface area contributed by atoms with Gasteiger partial charge in [-0.3, -0.25) is 0 Å². The molecule has 1 aliphatic rings. The van der Waals surface area contributed by atoms with Crippen molar-refractivity contribution in [3.05, 3.63) is 59.1 Å². The van der Waals surface area contributed by atoms with Gasteiger partial charge >= 0.3 is 0 Å². The third-order valence-corrected chi connectivity index (χ3v) is 9.11. The summed E-state index contributed by atoms with van der Waals surface area (Å²) in [7, 11) is -7.45. The van der Waals surface area contributed by atoms with E-state index >= 15 is 0 Å². The highest BCUT2D eigenvalue weighted by Crippen LogP contribution is 2.35. The Labute approximate surface area is 171 Å². The van der Waals surface area contributed by atoms with Gasteiger partial charge in [0.05, 0.1) is 17.6 Å². The highest BCUT2D eigenvalue weighted by molar-refractivity contribution is 7.92. The quantitative estimate of drug-likeness (QED) is 0.708. The maximum absolute atomic E-state index is 13.2. The zero-order valence-corrected chi connectivity index (χ0v) is 17.8. The summed E-state index contributed by atoms with van der Waals surface area (Å²) in [6.07, 6.45) is 0.141. The fourth-order valence-electron chi connectivity index (χ4n) is 3.33. The van der Waals surface area contributed by atoms with E-state index in [4.69, 9.17) is 16.3 Å². The predicted molar refractivity (Wildman–Crippen MR) is 109 cm³/mol. The van der Waals surface area contributed by atoms with Gasteiger partial charge in [-0.05, 0) is 37.1 Å². The minimum absolute atomic E-state index is 0.0467. The van der Waals surface area contributed by atoms with Gasteiger partial charge in [0.15, 0.2) is 9.84 Å². The third kappa shape index (κ3) is 4.20. The van der Waals surface area contributed by atoms with Crippen LogP contribution in [0.5, 0.6) is 5.75 Å². The molecule has 2 aromatic carbocycles. The molecule has 0 N–H and O–H groups in total. The molecule has 1 unspecified atom stereocenters. The topological polar surface area (TPSA) is 80.8 Å². The number of nitrogens with zero attached hydrogens (tertiary/aromatic N) is 1. The highest BCUT2D eigenvalue weighted by Gasteiger charge is 2.37. The molecule has 3 rings (SSSR count). The van der Waals surface area contributed by atoms with E-state index in [1.807, 2.05) is 0 Å². The molecule has 1 saturated heterocycles. The van der Waals surface area contributed by atoms with E-state index in [0.29, 0.717) is 17.2 Å². The van der Waals surface area contributed by atoms with Crippen LogP contribution in [0.15, 0.2) is 53.4 Å². The summed E-state index contributed by atoms with van der Waals surface area (Å²) in [6.45, 7) is 2.08. The van der Waals surface area contributed by atoms with Gasteiger partial charge in [0.1, 0.15) is 10.6 Å². The molecule has 1 atom stereocenters. The van der Waals surface area contributed by atoms with Gasteiger partial charge in [0.2, 0.25) is 10.0 Å². The Hall–Kier alpha value is -1.61. The van der Waals surface area contributed by atoms with Crippen LogP contribution in [0.25, 0.3) is 0 Å². The number of hydrogen-bond donors (Lipinski definition) is 0. The Balaban J connectivity index is 1.94. The van der Waals surface area contributed by atoms with Crippen LogP contribution in [0.3, 0.4) is 0 Å². The lowest BCUT2D eigenvalue weighted by Crippen LogP contribution is -2.33. The van der Waals surface area contributed by atoms with Crippen LogP contribution in [0, 0.1) is 0 Å². The molecule has 1 fully saturated rings. The average Bonchev–Trinajstić information content (AvgIpc) is 2.81. The fraction of sp³-hybridized carbons (Fsp3) is 0.368. The van der Waals surface area contributed by atoms with Crippen molar-refractivity contribution in [1.29, 1.82) is 0 Å².